The number of fused-ring (bicyclic) bond motifs is 2. The van der Waals surface area contributed by atoms with Gasteiger partial charge in [0.15, 0.2) is 0 Å². The molecule has 21 heavy (non-hydrogen) atoms. The minimum absolute atomic E-state index is 0.245. The van der Waals surface area contributed by atoms with E-state index < -0.39 is 0 Å². The first-order valence-electron chi connectivity index (χ1n) is 8.31. The number of aromatic nitrogens is 2. The van der Waals surface area contributed by atoms with Crippen molar-refractivity contribution in [2.45, 2.75) is 71.3 Å². The molecule has 1 aromatic heterocycles. The van der Waals surface area contributed by atoms with Gasteiger partial charge in [0, 0.05) is 17.8 Å². The zero-order valence-electron chi connectivity index (χ0n) is 13.5. The molecule has 4 rings (SSSR count). The van der Waals surface area contributed by atoms with E-state index in [9.17, 15) is 4.79 Å². The van der Waals surface area contributed by atoms with E-state index in [1.54, 1.807) is 0 Å². The van der Waals surface area contributed by atoms with Crippen LogP contribution < -0.4 is 4.90 Å². The highest BCUT2D eigenvalue weighted by Gasteiger charge is 2.61. The number of nitrogens with zero attached hydrogens (tertiary/aromatic N) is 3. The molecule has 4 nitrogen and oxygen atoms in total. The lowest BCUT2D eigenvalue weighted by Gasteiger charge is -2.28. The van der Waals surface area contributed by atoms with Crippen LogP contribution in [0.2, 0.25) is 0 Å². The van der Waals surface area contributed by atoms with Crippen molar-refractivity contribution in [2.24, 2.45) is 5.92 Å². The van der Waals surface area contributed by atoms with Crippen molar-refractivity contribution in [2.75, 3.05) is 4.90 Å². The van der Waals surface area contributed by atoms with E-state index in [1.807, 2.05) is 31.9 Å². The molecule has 2 aliphatic carbocycles. The lowest BCUT2D eigenvalue weighted by Crippen LogP contribution is -2.42. The Kier molecular flexibility index (Phi) is 3.50. The van der Waals surface area contributed by atoms with Gasteiger partial charge in [0.1, 0.15) is 11.6 Å². The zero-order valence-corrected chi connectivity index (χ0v) is 13.5. The molecule has 0 N–H and O–H groups in total. The molecule has 2 fully saturated rings. The van der Waals surface area contributed by atoms with E-state index in [2.05, 4.69) is 16.9 Å². The van der Waals surface area contributed by atoms with Crippen molar-refractivity contribution in [1.29, 1.82) is 0 Å². The van der Waals surface area contributed by atoms with Crippen molar-refractivity contribution >= 4 is 11.7 Å². The van der Waals surface area contributed by atoms with Crippen LogP contribution in [0.15, 0.2) is 6.20 Å². The molecule has 1 aliphatic heterocycles. The smallest absolute Gasteiger partial charge is 0.239 e. The van der Waals surface area contributed by atoms with Gasteiger partial charge in [-0.15, -0.1) is 0 Å². The fourth-order valence-corrected chi connectivity index (χ4v) is 3.85. The molecule has 4 heteroatoms. The molecule has 2 saturated carbocycles. The largest absolute Gasteiger partial charge is 0.292 e. The predicted octanol–water partition coefficient (Wildman–Crippen LogP) is 3.38. The van der Waals surface area contributed by atoms with E-state index in [-0.39, 0.29) is 5.41 Å². The molecule has 1 amide bonds. The summed E-state index contributed by atoms with van der Waals surface area (Å²) < 4.78 is 0. The highest BCUT2D eigenvalue weighted by Crippen LogP contribution is 2.57. The lowest BCUT2D eigenvalue weighted by molar-refractivity contribution is -0.120. The normalized spacial score (nSPS) is 28.4. The zero-order chi connectivity index (χ0) is 15.2. The van der Waals surface area contributed by atoms with Gasteiger partial charge in [0.05, 0.1) is 5.41 Å². The molecule has 2 heterocycles. The second kappa shape index (κ2) is 5.08. The summed E-state index contributed by atoms with van der Waals surface area (Å²) in [6.45, 7) is 8.16. The molecule has 1 aromatic rings. The van der Waals surface area contributed by atoms with E-state index in [0.717, 1.165) is 36.5 Å². The van der Waals surface area contributed by atoms with Gasteiger partial charge in [0.2, 0.25) is 5.91 Å². The Morgan fingerprint density at radius 2 is 2.00 bits per heavy atom. The Morgan fingerprint density at radius 3 is 2.57 bits per heavy atom. The second-order valence-electron chi connectivity index (χ2n) is 6.39. The summed E-state index contributed by atoms with van der Waals surface area (Å²) in [6.07, 6.45) is 7.40. The summed E-state index contributed by atoms with van der Waals surface area (Å²) in [5, 5.41) is 0. The van der Waals surface area contributed by atoms with Crippen molar-refractivity contribution in [3.8, 4) is 0 Å². The summed E-state index contributed by atoms with van der Waals surface area (Å²) >= 11 is 0. The molecule has 2 unspecified atom stereocenters. The highest BCUT2D eigenvalue weighted by atomic mass is 16.2. The van der Waals surface area contributed by atoms with Crippen molar-refractivity contribution in [3.05, 3.63) is 17.6 Å². The van der Waals surface area contributed by atoms with Gasteiger partial charge in [0.25, 0.3) is 0 Å². The third kappa shape index (κ3) is 1.99. The van der Waals surface area contributed by atoms with Gasteiger partial charge in [-0.2, -0.15) is 0 Å². The number of carbonyl (C=O) groups excluding carboxylic acids is 1. The summed E-state index contributed by atoms with van der Waals surface area (Å²) in [6, 6.07) is 0.348. The minimum atomic E-state index is -0.245. The Bertz CT molecular complexity index is 565. The molecule has 0 aromatic carbocycles. The van der Waals surface area contributed by atoms with Crippen LogP contribution in [0.1, 0.15) is 64.3 Å². The van der Waals surface area contributed by atoms with Crippen LogP contribution in [-0.2, 0) is 10.2 Å². The van der Waals surface area contributed by atoms with E-state index >= 15 is 0 Å². The Labute approximate surface area is 127 Å². The number of carbonyl (C=O) groups is 1. The Hall–Kier alpha value is -1.45. The van der Waals surface area contributed by atoms with Crippen LogP contribution in [0.4, 0.5) is 5.82 Å². The molecule has 3 aliphatic rings. The summed E-state index contributed by atoms with van der Waals surface area (Å²) in [7, 11) is 0. The Balaban J connectivity index is 0.000000636. The molecule has 0 bridgehead atoms. The topological polar surface area (TPSA) is 46.1 Å². The average Bonchev–Trinajstić information content (AvgIpc) is 3.14. The number of amides is 1. The number of hydrogen-bond acceptors (Lipinski definition) is 3. The quantitative estimate of drug-likeness (QED) is 0.795. The maximum Gasteiger partial charge on any atom is 0.239 e. The third-order valence-electron chi connectivity index (χ3n) is 5.16. The molecule has 2 atom stereocenters. The van der Waals surface area contributed by atoms with Gasteiger partial charge in [-0.25, -0.2) is 9.97 Å². The highest BCUT2D eigenvalue weighted by molar-refractivity contribution is 6.09. The van der Waals surface area contributed by atoms with Crippen LogP contribution in [0.25, 0.3) is 0 Å². The fourth-order valence-electron chi connectivity index (χ4n) is 3.85. The van der Waals surface area contributed by atoms with Crippen molar-refractivity contribution < 1.29 is 4.79 Å². The first kappa shape index (κ1) is 14.5. The Morgan fingerprint density at radius 1 is 1.29 bits per heavy atom. The minimum Gasteiger partial charge on any atom is -0.292 e. The predicted molar refractivity (Wildman–Crippen MR) is 83.3 cm³/mol. The summed E-state index contributed by atoms with van der Waals surface area (Å²) in [5.74, 6) is 2.55. The summed E-state index contributed by atoms with van der Waals surface area (Å²) in [4.78, 5) is 23.8. The standard InChI is InChI=1S/C15H19N3O.C2H6/c1-9-4-3-5-12(9)18-13-11(8-16-10(2)17-13)15(6-7-15)14(18)19;1-2/h8-9,12H,3-7H2,1-2H3;1-2H3. The van der Waals surface area contributed by atoms with Gasteiger partial charge >= 0.3 is 0 Å². The van der Waals surface area contributed by atoms with E-state index in [4.69, 9.17) is 0 Å². The lowest BCUT2D eigenvalue weighted by atomic mass is 10.0. The maximum absolute atomic E-state index is 12.8. The number of anilines is 1. The van der Waals surface area contributed by atoms with Crippen LogP contribution in [-0.4, -0.2) is 21.9 Å². The molecular formula is C17H25N3O. The average molecular weight is 287 g/mol. The van der Waals surface area contributed by atoms with Crippen LogP contribution in [0.3, 0.4) is 0 Å². The van der Waals surface area contributed by atoms with Crippen molar-refractivity contribution in [1.82, 2.24) is 9.97 Å². The molecule has 114 valence electrons. The monoisotopic (exact) mass is 287 g/mol. The van der Waals surface area contributed by atoms with Crippen LogP contribution in [0, 0.1) is 12.8 Å². The molecular weight excluding hydrogens is 262 g/mol. The number of aryl methyl sites for hydroxylation is 1. The fraction of sp³-hybridized carbons (Fsp3) is 0.706. The molecule has 0 radical (unpaired) electrons. The number of hydrogen-bond donors (Lipinski definition) is 0. The van der Waals surface area contributed by atoms with E-state index in [0.29, 0.717) is 17.9 Å². The SMILES string of the molecule is CC.Cc1ncc2c(n1)N(C1CCCC1C)C(=O)C21CC1. The van der Waals surface area contributed by atoms with Crippen LogP contribution >= 0.6 is 0 Å². The van der Waals surface area contributed by atoms with Gasteiger partial charge in [-0.05, 0) is 38.5 Å². The first-order valence-corrected chi connectivity index (χ1v) is 8.31. The van der Waals surface area contributed by atoms with Gasteiger partial charge < -0.3 is 0 Å². The summed E-state index contributed by atoms with van der Waals surface area (Å²) in [5.41, 5.74) is 0.841. The molecule has 1 spiro atoms. The number of rotatable bonds is 1. The van der Waals surface area contributed by atoms with Gasteiger partial charge in [-0.3, -0.25) is 9.69 Å². The second-order valence-corrected chi connectivity index (χ2v) is 6.39. The molecule has 0 saturated heterocycles. The van der Waals surface area contributed by atoms with E-state index in [1.165, 1.54) is 12.8 Å². The van der Waals surface area contributed by atoms with Crippen LogP contribution in [0.5, 0.6) is 0 Å². The van der Waals surface area contributed by atoms with Crippen molar-refractivity contribution in [3.63, 3.8) is 0 Å². The third-order valence-corrected chi connectivity index (χ3v) is 5.16. The maximum atomic E-state index is 12.8. The van der Waals surface area contributed by atoms with Gasteiger partial charge in [-0.1, -0.05) is 27.2 Å². The first-order chi connectivity index (χ1) is 10.1.